The lowest BCUT2D eigenvalue weighted by Crippen LogP contribution is -2.50. The largest absolute Gasteiger partial charge is 0.369 e. The van der Waals surface area contributed by atoms with Crippen molar-refractivity contribution in [1.82, 2.24) is 16.2 Å². The molecule has 6 nitrogen and oxygen atoms in total. The van der Waals surface area contributed by atoms with Crippen LogP contribution in [0.1, 0.15) is 42.9 Å². The molecule has 6 heteroatoms. The van der Waals surface area contributed by atoms with Crippen molar-refractivity contribution in [1.29, 1.82) is 0 Å². The van der Waals surface area contributed by atoms with Crippen molar-refractivity contribution in [2.45, 2.75) is 50.9 Å². The zero-order valence-electron chi connectivity index (χ0n) is 13.2. The van der Waals surface area contributed by atoms with Gasteiger partial charge in [0.15, 0.2) is 0 Å². The number of nitrogens with one attached hydrogen (secondary N) is 3. The van der Waals surface area contributed by atoms with Gasteiger partial charge >= 0.3 is 0 Å². The zero-order chi connectivity index (χ0) is 15.6. The van der Waals surface area contributed by atoms with Crippen molar-refractivity contribution in [3.8, 4) is 0 Å². The van der Waals surface area contributed by atoms with Crippen molar-refractivity contribution < 1.29 is 0 Å². The summed E-state index contributed by atoms with van der Waals surface area (Å²) in [5, 5.41) is 3.64. The van der Waals surface area contributed by atoms with Gasteiger partial charge in [-0.25, -0.2) is 4.99 Å². The normalized spacial score (nSPS) is 27.7. The van der Waals surface area contributed by atoms with Crippen LogP contribution in [0.15, 0.2) is 23.2 Å². The molecule has 2 atom stereocenters. The van der Waals surface area contributed by atoms with Crippen LogP contribution in [0.2, 0.25) is 0 Å². The summed E-state index contributed by atoms with van der Waals surface area (Å²) in [4.78, 5) is 4.26. The molecule has 0 bridgehead atoms. The second-order valence-electron chi connectivity index (χ2n) is 6.23. The summed E-state index contributed by atoms with van der Waals surface area (Å²) in [6.07, 6.45) is 5.75. The van der Waals surface area contributed by atoms with Gasteiger partial charge in [0.2, 0.25) is 11.7 Å². The molecule has 1 aromatic rings. The van der Waals surface area contributed by atoms with Crippen LogP contribution in [-0.2, 0) is 18.6 Å². The van der Waals surface area contributed by atoms with E-state index in [2.05, 4.69) is 46.3 Å². The van der Waals surface area contributed by atoms with Crippen LogP contribution in [0.5, 0.6) is 0 Å². The van der Waals surface area contributed by atoms with E-state index in [0.29, 0.717) is 12.0 Å². The SMILES string of the molecule is CCCN[C@H]1CCc2ccc(C3(N)N=C(N)NN3)cc2CC1. The number of hydrogen-bond donors (Lipinski definition) is 5. The molecule has 0 fully saturated rings. The second-order valence-corrected chi connectivity index (χ2v) is 6.23. The fourth-order valence-electron chi connectivity index (χ4n) is 3.24. The van der Waals surface area contributed by atoms with Gasteiger partial charge < -0.3 is 11.1 Å². The van der Waals surface area contributed by atoms with E-state index in [1.807, 2.05) is 0 Å². The Kier molecular flexibility index (Phi) is 4.33. The first-order valence-corrected chi connectivity index (χ1v) is 8.14. The summed E-state index contributed by atoms with van der Waals surface area (Å²) in [6, 6.07) is 7.03. The fraction of sp³-hybridized carbons (Fsp3) is 0.562. The third-order valence-corrected chi connectivity index (χ3v) is 4.53. The molecule has 0 saturated carbocycles. The number of nitrogens with two attached hydrogens (primary N) is 2. The molecular formula is C16H26N6. The Bertz CT molecular complexity index is 570. The van der Waals surface area contributed by atoms with Gasteiger partial charge in [-0.05, 0) is 49.8 Å². The quantitative estimate of drug-likeness (QED) is 0.519. The molecule has 3 rings (SSSR count). The highest BCUT2D eigenvalue weighted by Gasteiger charge is 2.32. The molecule has 0 amide bonds. The van der Waals surface area contributed by atoms with E-state index in [-0.39, 0.29) is 0 Å². The fourth-order valence-corrected chi connectivity index (χ4v) is 3.24. The molecular weight excluding hydrogens is 276 g/mol. The van der Waals surface area contributed by atoms with Crippen LogP contribution < -0.4 is 27.6 Å². The predicted octanol–water partition coefficient (Wildman–Crippen LogP) is 0.425. The van der Waals surface area contributed by atoms with E-state index in [1.165, 1.54) is 30.4 Å². The number of hydrogen-bond acceptors (Lipinski definition) is 6. The van der Waals surface area contributed by atoms with Gasteiger partial charge in [0.1, 0.15) is 0 Å². The summed E-state index contributed by atoms with van der Waals surface area (Å²) in [6.45, 7) is 3.31. The predicted molar refractivity (Wildman–Crippen MR) is 88.9 cm³/mol. The highest BCUT2D eigenvalue weighted by atomic mass is 15.6. The van der Waals surface area contributed by atoms with Gasteiger partial charge in [0.05, 0.1) is 0 Å². The van der Waals surface area contributed by atoms with E-state index < -0.39 is 5.79 Å². The van der Waals surface area contributed by atoms with E-state index in [0.717, 1.165) is 24.9 Å². The van der Waals surface area contributed by atoms with Crippen LogP contribution >= 0.6 is 0 Å². The lowest BCUT2D eigenvalue weighted by atomic mass is 9.97. The average molecular weight is 302 g/mol. The molecule has 22 heavy (non-hydrogen) atoms. The minimum Gasteiger partial charge on any atom is -0.369 e. The van der Waals surface area contributed by atoms with Crippen molar-refractivity contribution >= 4 is 5.96 Å². The Morgan fingerprint density at radius 3 is 2.77 bits per heavy atom. The third-order valence-electron chi connectivity index (χ3n) is 4.53. The Morgan fingerprint density at radius 2 is 2.09 bits per heavy atom. The first-order valence-electron chi connectivity index (χ1n) is 8.14. The van der Waals surface area contributed by atoms with Crippen LogP contribution in [0.3, 0.4) is 0 Å². The van der Waals surface area contributed by atoms with Crippen molar-refractivity contribution in [2.24, 2.45) is 16.5 Å². The summed E-state index contributed by atoms with van der Waals surface area (Å²) in [7, 11) is 0. The summed E-state index contributed by atoms with van der Waals surface area (Å²) in [5.41, 5.74) is 21.4. The summed E-state index contributed by atoms with van der Waals surface area (Å²) < 4.78 is 0. The zero-order valence-corrected chi connectivity index (χ0v) is 13.2. The molecule has 0 aromatic heterocycles. The molecule has 120 valence electrons. The highest BCUT2D eigenvalue weighted by molar-refractivity contribution is 5.79. The van der Waals surface area contributed by atoms with Crippen LogP contribution in [0.25, 0.3) is 0 Å². The molecule has 0 saturated heterocycles. The second kappa shape index (κ2) is 6.24. The van der Waals surface area contributed by atoms with Crippen LogP contribution in [-0.4, -0.2) is 18.5 Å². The molecule has 2 aliphatic rings. The number of aryl methyl sites for hydroxylation is 2. The number of guanidine groups is 1. The maximum absolute atomic E-state index is 6.28. The van der Waals surface area contributed by atoms with Gasteiger partial charge in [-0.15, -0.1) is 0 Å². The van der Waals surface area contributed by atoms with E-state index in [9.17, 15) is 0 Å². The van der Waals surface area contributed by atoms with E-state index >= 15 is 0 Å². The Morgan fingerprint density at radius 1 is 1.32 bits per heavy atom. The number of hydrazine groups is 1. The molecule has 1 aliphatic heterocycles. The van der Waals surface area contributed by atoms with Crippen molar-refractivity contribution in [2.75, 3.05) is 6.54 Å². The molecule has 1 heterocycles. The number of aliphatic imine (C=N–C) groups is 1. The number of benzene rings is 1. The first kappa shape index (κ1) is 15.3. The lowest BCUT2D eigenvalue weighted by Gasteiger charge is -2.22. The first-order chi connectivity index (χ1) is 10.6. The van der Waals surface area contributed by atoms with Crippen LogP contribution in [0.4, 0.5) is 0 Å². The van der Waals surface area contributed by atoms with Crippen molar-refractivity contribution in [3.05, 3.63) is 34.9 Å². The van der Waals surface area contributed by atoms with Crippen molar-refractivity contribution in [3.63, 3.8) is 0 Å². The highest BCUT2D eigenvalue weighted by Crippen LogP contribution is 2.26. The lowest BCUT2D eigenvalue weighted by molar-refractivity contribution is 0.375. The molecule has 1 unspecified atom stereocenters. The minimum absolute atomic E-state index is 0.321. The standard InChI is InChI=1S/C16H26N6/c1-2-9-19-14-7-4-11-3-6-13(10-12(11)5-8-14)16(18)20-15(17)21-22-16/h3,6,10,14,19,22H,2,4-5,7-9,18H2,1H3,(H3,17,20,21)/t14-,16?/m0/s1. The van der Waals surface area contributed by atoms with Gasteiger partial charge in [-0.3, -0.25) is 11.2 Å². The van der Waals surface area contributed by atoms with Gasteiger partial charge in [-0.2, -0.15) is 5.43 Å². The maximum Gasteiger partial charge on any atom is 0.209 e. The summed E-state index contributed by atoms with van der Waals surface area (Å²) in [5.74, 6) is -0.646. The summed E-state index contributed by atoms with van der Waals surface area (Å²) >= 11 is 0. The number of nitrogens with zero attached hydrogens (tertiary/aromatic N) is 1. The molecule has 0 radical (unpaired) electrons. The maximum atomic E-state index is 6.28. The number of fused-ring (bicyclic) bond motifs is 1. The van der Waals surface area contributed by atoms with E-state index in [1.54, 1.807) is 0 Å². The van der Waals surface area contributed by atoms with Gasteiger partial charge in [0.25, 0.3) is 0 Å². The van der Waals surface area contributed by atoms with Crippen LogP contribution in [0, 0.1) is 0 Å². The minimum atomic E-state index is -0.967. The Balaban J connectivity index is 1.77. The average Bonchev–Trinajstić information content (AvgIpc) is 2.75. The monoisotopic (exact) mass is 302 g/mol. The number of rotatable bonds is 4. The molecule has 1 aliphatic carbocycles. The smallest absolute Gasteiger partial charge is 0.209 e. The van der Waals surface area contributed by atoms with Gasteiger partial charge in [0, 0.05) is 11.6 Å². The molecule has 7 N–H and O–H groups in total. The molecule has 0 spiro atoms. The van der Waals surface area contributed by atoms with Gasteiger partial charge in [-0.1, -0.05) is 25.1 Å². The third kappa shape index (κ3) is 3.09. The Hall–Kier alpha value is -1.63. The molecule has 1 aromatic carbocycles. The van der Waals surface area contributed by atoms with E-state index in [4.69, 9.17) is 11.5 Å². The Labute approximate surface area is 131 Å². The topological polar surface area (TPSA) is 100 Å².